The second-order valence-electron chi connectivity index (χ2n) is 3.42. The van der Waals surface area contributed by atoms with E-state index in [2.05, 4.69) is 15.2 Å². The minimum atomic E-state index is -1.04. The summed E-state index contributed by atoms with van der Waals surface area (Å²) in [5, 5.41) is 15.1. The van der Waals surface area contributed by atoms with Gasteiger partial charge in [-0.15, -0.1) is 5.10 Å². The Morgan fingerprint density at radius 1 is 1.56 bits per heavy atom. The molecule has 1 heterocycles. The lowest BCUT2D eigenvalue weighted by molar-refractivity contribution is -0.142. The fraction of sp³-hybridized carbons (Fsp3) is 0.556. The van der Waals surface area contributed by atoms with Crippen molar-refractivity contribution < 1.29 is 14.7 Å². The van der Waals surface area contributed by atoms with Gasteiger partial charge in [0.1, 0.15) is 11.9 Å². The number of carbonyl (C=O) groups is 2. The Morgan fingerprint density at radius 2 is 2.19 bits per heavy atom. The molecule has 7 nitrogen and oxygen atoms in total. The van der Waals surface area contributed by atoms with Gasteiger partial charge < -0.3 is 10.0 Å². The Labute approximate surface area is 92.5 Å². The van der Waals surface area contributed by atoms with E-state index in [1.807, 2.05) is 0 Å². The summed E-state index contributed by atoms with van der Waals surface area (Å²) in [6, 6.07) is -0.855. The number of nitrogens with one attached hydrogen (secondary N) is 1. The van der Waals surface area contributed by atoms with Gasteiger partial charge in [0.2, 0.25) is 5.82 Å². The molecular formula is C9H14N4O3. The van der Waals surface area contributed by atoms with Crippen LogP contribution in [0.3, 0.4) is 0 Å². The molecule has 0 radical (unpaired) electrons. The lowest BCUT2D eigenvalue weighted by Gasteiger charge is -2.22. The first-order chi connectivity index (χ1) is 7.47. The summed E-state index contributed by atoms with van der Waals surface area (Å²) in [6.07, 6.45) is 0.334. The van der Waals surface area contributed by atoms with E-state index in [1.165, 1.54) is 7.05 Å². The molecule has 1 amide bonds. The quantitative estimate of drug-likeness (QED) is 0.755. The molecule has 0 aliphatic heterocycles. The van der Waals surface area contributed by atoms with Crippen LogP contribution in [0.15, 0.2) is 0 Å². The van der Waals surface area contributed by atoms with E-state index < -0.39 is 17.9 Å². The van der Waals surface area contributed by atoms with Gasteiger partial charge in [0, 0.05) is 7.05 Å². The van der Waals surface area contributed by atoms with E-state index in [4.69, 9.17) is 5.11 Å². The maximum atomic E-state index is 11.8. The number of aromatic nitrogens is 3. The Morgan fingerprint density at radius 3 is 2.56 bits per heavy atom. The number of H-pyrrole nitrogens is 1. The number of carbonyl (C=O) groups excluding carboxylic acids is 1. The van der Waals surface area contributed by atoms with E-state index in [1.54, 1.807) is 13.8 Å². The molecule has 0 aromatic carbocycles. The monoisotopic (exact) mass is 226 g/mol. The normalized spacial score (nSPS) is 12.2. The molecule has 1 unspecified atom stereocenters. The Kier molecular flexibility index (Phi) is 3.60. The zero-order valence-electron chi connectivity index (χ0n) is 9.39. The number of carboxylic acid groups (broad SMARTS) is 1. The molecule has 2 N–H and O–H groups in total. The smallest absolute Gasteiger partial charge is 0.326 e. The van der Waals surface area contributed by atoms with Gasteiger partial charge in [-0.3, -0.25) is 9.89 Å². The number of nitrogens with zero attached hydrogens (tertiary/aromatic N) is 3. The highest BCUT2D eigenvalue weighted by Crippen LogP contribution is 2.06. The zero-order chi connectivity index (χ0) is 12.3. The van der Waals surface area contributed by atoms with Gasteiger partial charge in [0.15, 0.2) is 0 Å². The molecule has 1 atom stereocenters. The van der Waals surface area contributed by atoms with Gasteiger partial charge in [0.05, 0.1) is 0 Å². The largest absolute Gasteiger partial charge is 0.480 e. The van der Waals surface area contributed by atoms with E-state index in [0.717, 1.165) is 4.90 Å². The first kappa shape index (κ1) is 12.2. The van der Waals surface area contributed by atoms with Gasteiger partial charge in [0.25, 0.3) is 5.91 Å². The van der Waals surface area contributed by atoms with Crippen LogP contribution in [0.2, 0.25) is 0 Å². The van der Waals surface area contributed by atoms with Crippen LogP contribution in [-0.4, -0.2) is 50.2 Å². The summed E-state index contributed by atoms with van der Waals surface area (Å²) >= 11 is 0. The molecule has 0 spiro atoms. The minimum Gasteiger partial charge on any atom is -0.480 e. The second-order valence-corrected chi connectivity index (χ2v) is 3.42. The molecule has 0 saturated carbocycles. The maximum absolute atomic E-state index is 11.8. The number of rotatable bonds is 4. The van der Waals surface area contributed by atoms with E-state index in [-0.39, 0.29) is 5.82 Å². The van der Waals surface area contributed by atoms with Gasteiger partial charge in [-0.25, -0.2) is 9.78 Å². The van der Waals surface area contributed by atoms with E-state index >= 15 is 0 Å². The number of likely N-dealkylation sites (N-methyl/N-ethyl adjacent to an activating group) is 1. The average molecular weight is 226 g/mol. The molecule has 16 heavy (non-hydrogen) atoms. The molecule has 0 fully saturated rings. The van der Waals surface area contributed by atoms with Crippen molar-refractivity contribution in [3.63, 3.8) is 0 Å². The van der Waals surface area contributed by atoms with Crippen LogP contribution in [0.5, 0.6) is 0 Å². The molecule has 0 saturated heterocycles. The summed E-state index contributed by atoms with van der Waals surface area (Å²) in [6.45, 7) is 3.37. The molecule has 0 aliphatic carbocycles. The third-order valence-electron chi connectivity index (χ3n) is 2.25. The third kappa shape index (κ3) is 2.36. The molecule has 1 aromatic rings. The van der Waals surface area contributed by atoms with Crippen molar-refractivity contribution in [2.75, 3.05) is 7.05 Å². The van der Waals surface area contributed by atoms with Crippen molar-refractivity contribution >= 4 is 11.9 Å². The predicted octanol–water partition coefficient (Wildman–Crippen LogP) is 0.0483. The SMILES string of the molecule is CCC(C(=O)O)N(C)C(=O)c1n[nH]c(C)n1. The number of amides is 1. The van der Waals surface area contributed by atoms with Crippen molar-refractivity contribution in [1.82, 2.24) is 20.1 Å². The summed E-state index contributed by atoms with van der Waals surface area (Å²) in [4.78, 5) is 27.6. The molecular weight excluding hydrogens is 212 g/mol. The van der Waals surface area contributed by atoms with Crippen molar-refractivity contribution in [1.29, 1.82) is 0 Å². The van der Waals surface area contributed by atoms with Gasteiger partial charge in [-0.2, -0.15) is 0 Å². The summed E-state index contributed by atoms with van der Waals surface area (Å²) < 4.78 is 0. The van der Waals surface area contributed by atoms with Gasteiger partial charge in [-0.05, 0) is 13.3 Å². The van der Waals surface area contributed by atoms with Crippen molar-refractivity contribution in [3.05, 3.63) is 11.6 Å². The number of aliphatic carboxylic acids is 1. The first-order valence-corrected chi connectivity index (χ1v) is 4.86. The topological polar surface area (TPSA) is 99.2 Å². The number of aromatic amines is 1. The number of hydrogen-bond donors (Lipinski definition) is 2. The first-order valence-electron chi connectivity index (χ1n) is 4.86. The lowest BCUT2D eigenvalue weighted by Crippen LogP contribution is -2.42. The van der Waals surface area contributed by atoms with Crippen molar-refractivity contribution in [2.24, 2.45) is 0 Å². The fourth-order valence-electron chi connectivity index (χ4n) is 1.35. The maximum Gasteiger partial charge on any atom is 0.326 e. The summed E-state index contributed by atoms with van der Waals surface area (Å²) in [5.41, 5.74) is 0. The van der Waals surface area contributed by atoms with Crippen LogP contribution in [0.4, 0.5) is 0 Å². The van der Waals surface area contributed by atoms with Crippen LogP contribution in [0.25, 0.3) is 0 Å². The predicted molar refractivity (Wildman–Crippen MR) is 54.9 cm³/mol. The molecule has 0 bridgehead atoms. The van der Waals surface area contributed by atoms with E-state index in [0.29, 0.717) is 12.2 Å². The average Bonchev–Trinajstić information content (AvgIpc) is 2.64. The van der Waals surface area contributed by atoms with E-state index in [9.17, 15) is 9.59 Å². The van der Waals surface area contributed by atoms with Crippen molar-refractivity contribution in [2.45, 2.75) is 26.3 Å². The Hall–Kier alpha value is -1.92. The number of aryl methyl sites for hydroxylation is 1. The highest BCUT2D eigenvalue weighted by atomic mass is 16.4. The Balaban J connectivity index is 2.85. The van der Waals surface area contributed by atoms with Crippen LogP contribution in [0.1, 0.15) is 29.8 Å². The van der Waals surface area contributed by atoms with Crippen molar-refractivity contribution in [3.8, 4) is 0 Å². The van der Waals surface area contributed by atoms with Crippen LogP contribution in [0, 0.1) is 6.92 Å². The summed E-state index contributed by atoms with van der Waals surface area (Å²) in [5.74, 6) is -1.04. The highest BCUT2D eigenvalue weighted by Gasteiger charge is 2.27. The van der Waals surface area contributed by atoms with Gasteiger partial charge in [-0.1, -0.05) is 6.92 Å². The third-order valence-corrected chi connectivity index (χ3v) is 2.25. The summed E-state index contributed by atoms with van der Waals surface area (Å²) in [7, 11) is 1.43. The second kappa shape index (κ2) is 4.73. The minimum absolute atomic E-state index is 0.0142. The molecule has 88 valence electrons. The highest BCUT2D eigenvalue weighted by molar-refractivity contribution is 5.93. The van der Waals surface area contributed by atoms with Crippen LogP contribution >= 0.6 is 0 Å². The molecule has 1 rings (SSSR count). The molecule has 0 aliphatic rings. The number of hydrogen-bond acceptors (Lipinski definition) is 4. The lowest BCUT2D eigenvalue weighted by atomic mass is 10.2. The zero-order valence-corrected chi connectivity index (χ0v) is 9.39. The Bertz CT molecular complexity index is 401. The van der Waals surface area contributed by atoms with Crippen LogP contribution < -0.4 is 0 Å². The fourth-order valence-corrected chi connectivity index (χ4v) is 1.35. The molecule has 1 aromatic heterocycles. The molecule has 7 heteroatoms. The van der Waals surface area contributed by atoms with Gasteiger partial charge >= 0.3 is 5.97 Å². The van der Waals surface area contributed by atoms with Crippen LogP contribution in [-0.2, 0) is 4.79 Å². The number of carboxylic acids is 1. The standard InChI is InChI=1S/C9H14N4O3/c1-4-6(9(15)16)13(3)8(14)7-10-5(2)11-12-7/h6H,4H2,1-3H3,(H,15,16)(H,10,11,12).